The Morgan fingerprint density at radius 1 is 0.377 bits per heavy atom. The van der Waals surface area contributed by atoms with E-state index in [2.05, 4.69) is 63.9 Å². The lowest BCUT2D eigenvalue weighted by atomic mass is 9.80. The van der Waals surface area contributed by atoms with Crippen LogP contribution in [0.2, 0.25) is 0 Å². The Balaban J connectivity index is 0.000000116. The highest BCUT2D eigenvalue weighted by molar-refractivity contribution is 7.86. The maximum absolute atomic E-state index is 13.8. The van der Waals surface area contributed by atoms with Crippen LogP contribution in [0.4, 0.5) is 61.6 Å². The van der Waals surface area contributed by atoms with Crippen molar-refractivity contribution >= 4 is 111 Å². The predicted octanol–water partition coefficient (Wildman–Crippen LogP) is 10.7. The molecule has 2 N–H and O–H groups in total. The van der Waals surface area contributed by atoms with Gasteiger partial charge in [-0.15, -0.1) is 3.89 Å². The highest BCUT2D eigenvalue weighted by Gasteiger charge is 2.38. The second-order valence-corrected chi connectivity index (χ2v) is 36.4. The van der Waals surface area contributed by atoms with Crippen molar-refractivity contribution in [3.8, 4) is 17.2 Å². The maximum atomic E-state index is 13.8. The molecule has 644 valence electrons. The summed E-state index contributed by atoms with van der Waals surface area (Å²) in [6, 6.07) is 19.4. The fourth-order valence-corrected chi connectivity index (χ4v) is 19.9. The zero-order valence-electron chi connectivity index (χ0n) is 67.4. The normalized spacial score (nSPS) is 19.0. The fourth-order valence-electron chi connectivity index (χ4n) is 18.1. The molecule has 0 unspecified atom stereocenters. The summed E-state index contributed by atoms with van der Waals surface area (Å²) < 4.78 is 155. The molecule has 40 heteroatoms. The predicted molar refractivity (Wildman–Crippen MR) is 455 cm³/mol. The van der Waals surface area contributed by atoms with Crippen LogP contribution >= 0.6 is 0 Å². The molecule has 0 atom stereocenters. The number of piperidine rings is 4. The topological polar surface area (TPSA) is 369 Å². The van der Waals surface area contributed by atoms with E-state index in [1.165, 1.54) is 82.1 Å². The molecule has 0 bridgehead atoms. The summed E-state index contributed by atoms with van der Waals surface area (Å²) in [7, 11) is -20.0. The standard InChI is InChI=1S/C22H27FN6O3S.2C20H22FN5O3S.C20H22FN5O2S/c1-22(14-24)7-10-28(11-8-22)19-13-25-20-16(27-19)12-26-21(20)29-9-3-4-15-17(29)5-2-6-18(15)32-33(23,30)31;21-30(27,28)29-17-8-4-7-16-14(17)6-5-11-26(16)20-19-15(12-23-20)24-18(13-22-19)25-9-2-1-3-10-25;21-30(27,28)29-15-6-7-17-14(11-15)5-4-10-26(17)20-19-16(12-23-20)24-18(13-22-19)25-8-2-1-3-9-25;21-29(27,28)17-8-4-7-16-14(17)6-5-11-26(16)20-19-15(12-23-20)24-18(13-22-19)25-9-2-1-3-10-25/h2,5-6,13H,3-4,7-12,14,24H2,1H3;4,7-8,13H,1-3,5-6,9-12H2;6-7,11,13H,1-5,8-10,12H2;4,7-8,13H,1-3,5-6,9-12H2. The molecule has 4 aromatic heterocycles. The highest BCUT2D eigenvalue weighted by atomic mass is 32.3. The van der Waals surface area contributed by atoms with E-state index in [4.69, 9.17) is 45.6 Å². The third-order valence-electron chi connectivity index (χ3n) is 24.2. The van der Waals surface area contributed by atoms with Gasteiger partial charge >= 0.3 is 41.7 Å². The molecule has 16 heterocycles. The number of amidine groups is 4. The second-order valence-electron chi connectivity index (χ2n) is 32.2. The summed E-state index contributed by atoms with van der Waals surface area (Å²) in [5, 5.41) is 0. The van der Waals surface area contributed by atoms with Gasteiger partial charge in [0.15, 0.2) is 34.8 Å². The molecule has 12 aliphatic rings. The molecular weight excluding hydrogens is 1660 g/mol. The van der Waals surface area contributed by atoms with Gasteiger partial charge in [0.05, 0.1) is 73.7 Å². The van der Waals surface area contributed by atoms with Crippen molar-refractivity contribution in [3.05, 3.63) is 165 Å². The summed E-state index contributed by atoms with van der Waals surface area (Å²) in [5.41, 5.74) is 18.3. The molecule has 0 aliphatic carbocycles. The number of halogens is 4. The number of aromatic nitrogens is 8. The van der Waals surface area contributed by atoms with E-state index in [9.17, 15) is 49.2 Å². The van der Waals surface area contributed by atoms with E-state index in [0.717, 1.165) is 195 Å². The number of hydrogen-bond donors (Lipinski definition) is 1. The number of anilines is 8. The number of nitrogens with zero attached hydrogens (tertiary/aromatic N) is 20. The van der Waals surface area contributed by atoms with E-state index in [1.807, 2.05) is 45.3 Å². The number of aryl methyl sites for hydroxylation is 1. The number of nitrogens with two attached hydrogens (primary N) is 1. The van der Waals surface area contributed by atoms with Crippen LogP contribution < -0.4 is 57.5 Å². The van der Waals surface area contributed by atoms with Gasteiger partial charge in [-0.2, -0.15) is 33.7 Å². The first-order chi connectivity index (χ1) is 58.8. The Morgan fingerprint density at radius 2 is 0.713 bits per heavy atom. The molecular formula is C82H93F4N21O11S4. The van der Waals surface area contributed by atoms with Crippen LogP contribution in [-0.4, -0.2) is 182 Å². The number of rotatable bonds is 12. The van der Waals surface area contributed by atoms with E-state index < -0.39 is 41.7 Å². The van der Waals surface area contributed by atoms with Gasteiger partial charge in [0.25, 0.3) is 0 Å². The first kappa shape index (κ1) is 83.4. The van der Waals surface area contributed by atoms with E-state index in [0.29, 0.717) is 118 Å². The lowest BCUT2D eigenvalue weighted by Gasteiger charge is -2.39. The summed E-state index contributed by atoms with van der Waals surface area (Å²) in [4.78, 5) is 73.7. The van der Waals surface area contributed by atoms with Gasteiger partial charge in [-0.05, 0) is 200 Å². The van der Waals surface area contributed by atoms with Gasteiger partial charge in [0.1, 0.15) is 56.7 Å². The van der Waals surface area contributed by atoms with Crippen molar-refractivity contribution < 1.29 is 61.8 Å². The highest BCUT2D eigenvalue weighted by Crippen LogP contribution is 2.43. The van der Waals surface area contributed by atoms with Gasteiger partial charge in [-0.1, -0.05) is 36.8 Å². The molecule has 12 aliphatic heterocycles. The van der Waals surface area contributed by atoms with Crippen molar-refractivity contribution in [2.24, 2.45) is 31.1 Å². The Hall–Kier alpha value is -10.8. The quantitative estimate of drug-likeness (QED) is 0.0877. The first-order valence-electron chi connectivity index (χ1n) is 41.5. The second kappa shape index (κ2) is 34.8. The third-order valence-corrected chi connectivity index (χ3v) is 26.2. The van der Waals surface area contributed by atoms with Crippen molar-refractivity contribution in [1.82, 2.24) is 39.9 Å². The summed E-state index contributed by atoms with van der Waals surface area (Å²) in [5.74, 6) is 6.42. The third kappa shape index (κ3) is 18.3. The molecule has 8 aromatic rings. The maximum Gasteiger partial charge on any atom is 0.488 e. The minimum Gasteiger partial charge on any atom is -0.358 e. The average Bonchev–Trinajstić information content (AvgIpc) is 1.44. The molecule has 4 fully saturated rings. The minimum atomic E-state index is -5.10. The lowest BCUT2D eigenvalue weighted by Crippen LogP contribution is -2.42. The molecule has 0 saturated carbocycles. The van der Waals surface area contributed by atoms with Crippen LogP contribution in [0.25, 0.3) is 0 Å². The smallest absolute Gasteiger partial charge is 0.358 e. The number of hydrogen-bond acceptors (Lipinski definition) is 32. The van der Waals surface area contributed by atoms with Crippen LogP contribution in [-0.2, 0) is 93.6 Å². The van der Waals surface area contributed by atoms with Crippen molar-refractivity contribution in [1.29, 1.82) is 0 Å². The lowest BCUT2D eigenvalue weighted by molar-refractivity contribution is 0.258. The zero-order valence-corrected chi connectivity index (χ0v) is 70.6. The summed E-state index contributed by atoms with van der Waals surface area (Å²) in [6.07, 6.45) is 25.6. The van der Waals surface area contributed by atoms with Crippen molar-refractivity contribution in [2.45, 2.75) is 160 Å². The summed E-state index contributed by atoms with van der Waals surface area (Å²) >= 11 is 0. The van der Waals surface area contributed by atoms with E-state index in [-0.39, 0.29) is 27.6 Å². The number of aliphatic imine (C=N–C) groups is 4. The molecule has 0 spiro atoms. The number of fused-ring (bicyclic) bond motifs is 8. The fraction of sp³-hybridized carbons (Fsp3) is 0.463. The largest absolute Gasteiger partial charge is 0.488 e. The molecule has 32 nitrogen and oxygen atoms in total. The monoisotopic (exact) mass is 1750 g/mol. The Morgan fingerprint density at radius 3 is 1.07 bits per heavy atom. The van der Waals surface area contributed by atoms with Gasteiger partial charge < -0.3 is 57.5 Å². The molecule has 0 radical (unpaired) electrons. The molecule has 122 heavy (non-hydrogen) atoms. The molecule has 20 rings (SSSR count). The van der Waals surface area contributed by atoms with Crippen LogP contribution in [0.3, 0.4) is 0 Å². The van der Waals surface area contributed by atoms with E-state index in [1.54, 1.807) is 42.7 Å². The van der Waals surface area contributed by atoms with Crippen LogP contribution in [0.15, 0.2) is 122 Å². The van der Waals surface area contributed by atoms with Crippen molar-refractivity contribution in [3.63, 3.8) is 0 Å². The van der Waals surface area contributed by atoms with E-state index >= 15 is 0 Å². The van der Waals surface area contributed by atoms with Gasteiger partial charge in [-0.25, -0.2) is 39.9 Å². The minimum absolute atomic E-state index is 0.00882. The average molecular weight is 1750 g/mol. The SMILES string of the molecule is CC1(CN)CCN(c2cnc3c(n2)CN=C3N2CCCc3c(OS(=O)(=O)F)cccc32)CC1.O=S(=O)(F)Oc1ccc2c(c1)CCCN2C1=NCc2nc(N3CCCCC3)cnc21.O=S(=O)(F)Oc1cccc2c1CCCN2C1=NCc2nc(N3CCCCC3)cnc21.O=S(=O)(F)c1cccc2c1CCCN2C1=NCc2nc(N3CCCCC3)cnc21. The van der Waals surface area contributed by atoms with Gasteiger partial charge in [0, 0.05) is 112 Å². The van der Waals surface area contributed by atoms with Gasteiger partial charge in [0.2, 0.25) is 0 Å². The van der Waals surface area contributed by atoms with Crippen molar-refractivity contribution in [2.75, 3.05) is 124 Å². The van der Waals surface area contributed by atoms with Crippen LogP contribution in [0.5, 0.6) is 17.2 Å². The van der Waals surface area contributed by atoms with Crippen LogP contribution in [0, 0.1) is 5.41 Å². The number of benzene rings is 4. The Labute approximate surface area is 706 Å². The first-order valence-corrected chi connectivity index (χ1v) is 46.9. The Bertz CT molecular complexity index is 5970. The molecule has 0 amide bonds. The molecule has 4 saturated heterocycles. The van der Waals surface area contributed by atoms with Gasteiger partial charge in [-0.3, -0.25) is 20.0 Å². The molecule has 4 aromatic carbocycles. The Kier molecular flexibility index (Phi) is 23.8. The van der Waals surface area contributed by atoms with Crippen LogP contribution in [0.1, 0.15) is 171 Å². The summed E-state index contributed by atoms with van der Waals surface area (Å²) in [6.45, 7) is 15.4. The zero-order chi connectivity index (χ0) is 84.7.